The van der Waals surface area contributed by atoms with Crippen molar-refractivity contribution in [1.29, 1.82) is 0 Å². The fourth-order valence-electron chi connectivity index (χ4n) is 3.45. The quantitative estimate of drug-likeness (QED) is 0.782. The maximum absolute atomic E-state index is 12.5. The molecule has 29 heavy (non-hydrogen) atoms. The third kappa shape index (κ3) is 6.61. The summed E-state index contributed by atoms with van der Waals surface area (Å²) in [4.78, 5) is 28.8. The average molecular weight is 396 g/mol. The molecule has 1 atom stereocenters. The molecule has 0 aromatic heterocycles. The Kier molecular flexibility index (Phi) is 7.64. The van der Waals surface area contributed by atoms with Crippen LogP contribution in [-0.2, 0) is 9.59 Å². The van der Waals surface area contributed by atoms with Crippen molar-refractivity contribution in [3.63, 3.8) is 0 Å². The highest BCUT2D eigenvalue weighted by Crippen LogP contribution is 2.12. The number of nitrogens with zero attached hydrogens (tertiary/aromatic N) is 2. The van der Waals surface area contributed by atoms with E-state index >= 15 is 0 Å². The molecule has 1 fully saturated rings. The molecule has 1 heterocycles. The zero-order valence-electron chi connectivity index (χ0n) is 16.9. The first kappa shape index (κ1) is 20.9. The number of benzene rings is 2. The molecule has 1 unspecified atom stereocenters. The lowest BCUT2D eigenvalue weighted by molar-refractivity contribution is -0.133. The fraction of sp³-hybridized carbons (Fsp3) is 0.391. The molecule has 6 nitrogen and oxygen atoms in total. The smallest absolute Gasteiger partial charge is 0.260 e. The van der Waals surface area contributed by atoms with E-state index in [9.17, 15) is 9.59 Å². The second-order valence-electron chi connectivity index (χ2n) is 7.31. The molecular formula is C23H29N3O3. The van der Waals surface area contributed by atoms with Gasteiger partial charge in [-0.25, -0.2) is 0 Å². The van der Waals surface area contributed by atoms with Gasteiger partial charge in [0.1, 0.15) is 5.75 Å². The van der Waals surface area contributed by atoms with Crippen molar-refractivity contribution in [2.24, 2.45) is 0 Å². The van der Waals surface area contributed by atoms with E-state index in [1.165, 1.54) is 0 Å². The predicted octanol–water partition coefficient (Wildman–Crippen LogP) is 2.48. The van der Waals surface area contributed by atoms with E-state index in [-0.39, 0.29) is 24.5 Å². The molecule has 1 aliphatic heterocycles. The number of ether oxygens (including phenoxy) is 1. The molecule has 2 aromatic carbocycles. The SMILES string of the molecule is CC(NC(=O)CN1CCCN(C(=O)COc2ccccc2)CC1)c1ccccc1. The standard InChI is InChI=1S/C23H29N3O3/c1-19(20-9-4-2-5-10-20)24-22(27)17-25-13-8-14-26(16-15-25)23(28)18-29-21-11-6-3-7-12-21/h2-7,9-12,19H,8,13-18H2,1H3,(H,24,27). The summed E-state index contributed by atoms with van der Waals surface area (Å²) in [5, 5.41) is 3.06. The molecule has 3 rings (SSSR count). The molecule has 2 aromatic rings. The first-order valence-electron chi connectivity index (χ1n) is 10.1. The minimum absolute atomic E-state index is 0.00791. The lowest BCUT2D eigenvalue weighted by atomic mass is 10.1. The van der Waals surface area contributed by atoms with E-state index in [1.54, 1.807) is 0 Å². The summed E-state index contributed by atoms with van der Waals surface area (Å²) >= 11 is 0. The summed E-state index contributed by atoms with van der Waals surface area (Å²) in [6, 6.07) is 19.3. The van der Waals surface area contributed by atoms with Crippen molar-refractivity contribution < 1.29 is 14.3 Å². The number of rotatable bonds is 7. The molecular weight excluding hydrogens is 366 g/mol. The topological polar surface area (TPSA) is 61.9 Å². The highest BCUT2D eigenvalue weighted by Gasteiger charge is 2.21. The summed E-state index contributed by atoms with van der Waals surface area (Å²) in [6.45, 7) is 5.16. The first-order chi connectivity index (χ1) is 14.1. The van der Waals surface area contributed by atoms with E-state index in [0.29, 0.717) is 31.9 Å². The van der Waals surface area contributed by atoms with Crippen LogP contribution in [-0.4, -0.2) is 60.9 Å². The molecule has 1 N–H and O–H groups in total. The Bertz CT molecular complexity index is 782. The molecule has 1 saturated heterocycles. The lowest BCUT2D eigenvalue weighted by Gasteiger charge is -2.22. The second kappa shape index (κ2) is 10.6. The number of para-hydroxylation sites is 1. The normalized spacial score (nSPS) is 16.0. The van der Waals surface area contributed by atoms with Gasteiger partial charge in [-0.2, -0.15) is 0 Å². The zero-order valence-corrected chi connectivity index (χ0v) is 16.9. The van der Waals surface area contributed by atoms with E-state index in [4.69, 9.17) is 4.74 Å². The number of hydrogen-bond donors (Lipinski definition) is 1. The highest BCUT2D eigenvalue weighted by atomic mass is 16.5. The van der Waals surface area contributed by atoms with Gasteiger partial charge in [0.2, 0.25) is 5.91 Å². The van der Waals surface area contributed by atoms with E-state index in [1.807, 2.05) is 72.5 Å². The predicted molar refractivity (Wildman–Crippen MR) is 113 cm³/mol. The van der Waals surface area contributed by atoms with Gasteiger partial charge in [0, 0.05) is 26.2 Å². The Morgan fingerprint density at radius 2 is 1.66 bits per heavy atom. The van der Waals surface area contributed by atoms with E-state index in [0.717, 1.165) is 18.5 Å². The zero-order chi connectivity index (χ0) is 20.5. The van der Waals surface area contributed by atoms with Gasteiger partial charge in [-0.3, -0.25) is 14.5 Å². The van der Waals surface area contributed by atoms with Crippen molar-refractivity contribution in [2.45, 2.75) is 19.4 Å². The van der Waals surface area contributed by atoms with Gasteiger partial charge in [0.15, 0.2) is 6.61 Å². The molecule has 1 aliphatic rings. The maximum atomic E-state index is 12.5. The van der Waals surface area contributed by atoms with Crippen molar-refractivity contribution in [2.75, 3.05) is 39.3 Å². The molecule has 2 amide bonds. The number of hydrogen-bond acceptors (Lipinski definition) is 4. The van der Waals surface area contributed by atoms with Crippen LogP contribution in [0.3, 0.4) is 0 Å². The molecule has 154 valence electrons. The third-order valence-electron chi connectivity index (χ3n) is 5.09. The molecule has 0 radical (unpaired) electrons. The Balaban J connectivity index is 1.42. The Hall–Kier alpha value is -2.86. The molecule has 0 aliphatic carbocycles. The van der Waals surface area contributed by atoms with Crippen LogP contribution in [0.5, 0.6) is 5.75 Å². The van der Waals surface area contributed by atoms with Gasteiger partial charge >= 0.3 is 0 Å². The van der Waals surface area contributed by atoms with E-state index in [2.05, 4.69) is 10.2 Å². The number of carbonyl (C=O) groups excluding carboxylic acids is 2. The Morgan fingerprint density at radius 3 is 2.38 bits per heavy atom. The van der Waals surface area contributed by atoms with Crippen LogP contribution in [0, 0.1) is 0 Å². The minimum atomic E-state index is -0.0242. The Morgan fingerprint density at radius 1 is 0.966 bits per heavy atom. The van der Waals surface area contributed by atoms with E-state index < -0.39 is 0 Å². The average Bonchev–Trinajstić information content (AvgIpc) is 2.99. The molecule has 0 bridgehead atoms. The van der Waals surface area contributed by atoms with Crippen molar-refractivity contribution in [3.8, 4) is 5.75 Å². The summed E-state index contributed by atoms with van der Waals surface area (Å²) in [7, 11) is 0. The van der Waals surface area contributed by atoms with Crippen LogP contribution in [0.15, 0.2) is 60.7 Å². The molecule has 0 saturated carbocycles. The summed E-state index contributed by atoms with van der Waals surface area (Å²) in [5.74, 6) is 0.688. The minimum Gasteiger partial charge on any atom is -0.484 e. The van der Waals surface area contributed by atoms with Gasteiger partial charge in [0.05, 0.1) is 12.6 Å². The van der Waals surface area contributed by atoms with Crippen molar-refractivity contribution >= 4 is 11.8 Å². The highest BCUT2D eigenvalue weighted by molar-refractivity contribution is 5.79. The van der Waals surface area contributed by atoms with Gasteiger partial charge in [0.25, 0.3) is 5.91 Å². The summed E-state index contributed by atoms with van der Waals surface area (Å²) < 4.78 is 5.57. The summed E-state index contributed by atoms with van der Waals surface area (Å²) in [5.41, 5.74) is 1.09. The van der Waals surface area contributed by atoms with Crippen LogP contribution in [0.2, 0.25) is 0 Å². The lowest BCUT2D eigenvalue weighted by Crippen LogP contribution is -2.41. The molecule has 6 heteroatoms. The van der Waals surface area contributed by atoms with Crippen LogP contribution in [0.4, 0.5) is 0 Å². The van der Waals surface area contributed by atoms with Gasteiger partial charge < -0.3 is 15.0 Å². The van der Waals surface area contributed by atoms with Gasteiger partial charge in [-0.15, -0.1) is 0 Å². The van der Waals surface area contributed by atoms with Gasteiger partial charge in [-0.05, 0) is 31.0 Å². The number of amides is 2. The van der Waals surface area contributed by atoms with Crippen molar-refractivity contribution in [3.05, 3.63) is 66.2 Å². The first-order valence-corrected chi connectivity index (χ1v) is 10.1. The molecule has 0 spiro atoms. The Labute approximate surface area is 172 Å². The number of carbonyl (C=O) groups is 2. The number of nitrogens with one attached hydrogen (secondary N) is 1. The fourth-order valence-corrected chi connectivity index (χ4v) is 3.45. The second-order valence-corrected chi connectivity index (χ2v) is 7.31. The van der Waals surface area contributed by atoms with Crippen LogP contribution >= 0.6 is 0 Å². The van der Waals surface area contributed by atoms with Crippen LogP contribution in [0.1, 0.15) is 24.9 Å². The third-order valence-corrected chi connectivity index (χ3v) is 5.09. The van der Waals surface area contributed by atoms with Crippen LogP contribution in [0.25, 0.3) is 0 Å². The van der Waals surface area contributed by atoms with Crippen molar-refractivity contribution in [1.82, 2.24) is 15.1 Å². The summed E-state index contributed by atoms with van der Waals surface area (Å²) in [6.07, 6.45) is 0.846. The maximum Gasteiger partial charge on any atom is 0.260 e. The largest absolute Gasteiger partial charge is 0.484 e. The van der Waals surface area contributed by atoms with Gasteiger partial charge in [-0.1, -0.05) is 48.5 Å². The monoisotopic (exact) mass is 395 g/mol. The van der Waals surface area contributed by atoms with Crippen LogP contribution < -0.4 is 10.1 Å².